The standard InChI is InChI=1S/C22H18N2O3/c1-14-3-2-4-19-20(14)22(26)24(21(19)25)16-7-11-18(12-8-16)27-17-9-5-15(13-23)6-10-17/h2-3,5-12,14,19-20H,4H2,1H3/t14-,19-,20-/m1/s1. The maximum absolute atomic E-state index is 12.8. The summed E-state index contributed by atoms with van der Waals surface area (Å²) in [5.41, 5.74) is 1.13. The third kappa shape index (κ3) is 3.00. The number of ether oxygens (including phenoxy) is 1. The van der Waals surface area contributed by atoms with Crippen molar-refractivity contribution in [3.63, 3.8) is 0 Å². The minimum absolute atomic E-state index is 0.0733. The molecule has 5 nitrogen and oxygen atoms in total. The number of imide groups is 1. The van der Waals surface area contributed by atoms with Crippen molar-refractivity contribution < 1.29 is 14.3 Å². The lowest BCUT2D eigenvalue weighted by Gasteiger charge is -2.22. The van der Waals surface area contributed by atoms with E-state index < -0.39 is 0 Å². The molecule has 1 fully saturated rings. The van der Waals surface area contributed by atoms with Crippen LogP contribution in [0.1, 0.15) is 18.9 Å². The van der Waals surface area contributed by atoms with Gasteiger partial charge in [0.15, 0.2) is 0 Å². The van der Waals surface area contributed by atoms with Crippen LogP contribution in [0, 0.1) is 29.1 Å². The number of rotatable bonds is 3. The monoisotopic (exact) mass is 358 g/mol. The molecule has 0 spiro atoms. The maximum Gasteiger partial charge on any atom is 0.238 e. The van der Waals surface area contributed by atoms with E-state index >= 15 is 0 Å². The lowest BCUT2D eigenvalue weighted by molar-refractivity contribution is -0.122. The first-order valence-corrected chi connectivity index (χ1v) is 8.91. The molecule has 134 valence electrons. The Balaban J connectivity index is 1.53. The number of nitriles is 1. The molecule has 1 saturated heterocycles. The van der Waals surface area contributed by atoms with E-state index in [4.69, 9.17) is 10.00 Å². The first-order valence-electron chi connectivity index (χ1n) is 8.91. The number of allylic oxidation sites excluding steroid dienone is 2. The van der Waals surface area contributed by atoms with Crippen LogP contribution < -0.4 is 9.64 Å². The highest BCUT2D eigenvalue weighted by Gasteiger charge is 2.50. The van der Waals surface area contributed by atoms with E-state index in [1.807, 2.05) is 19.1 Å². The van der Waals surface area contributed by atoms with Gasteiger partial charge in [-0.15, -0.1) is 0 Å². The fourth-order valence-corrected chi connectivity index (χ4v) is 3.80. The van der Waals surface area contributed by atoms with Gasteiger partial charge in [0.05, 0.1) is 29.2 Å². The first kappa shape index (κ1) is 17.0. The molecule has 0 unspecified atom stereocenters. The average molecular weight is 358 g/mol. The van der Waals surface area contributed by atoms with Crippen LogP contribution in [-0.4, -0.2) is 11.8 Å². The van der Waals surface area contributed by atoms with E-state index in [-0.39, 0.29) is 29.6 Å². The largest absolute Gasteiger partial charge is 0.457 e. The molecule has 5 heteroatoms. The molecule has 4 rings (SSSR count). The summed E-state index contributed by atoms with van der Waals surface area (Å²) < 4.78 is 5.75. The van der Waals surface area contributed by atoms with Gasteiger partial charge in [0.1, 0.15) is 11.5 Å². The Kier molecular flexibility index (Phi) is 4.25. The van der Waals surface area contributed by atoms with Crippen LogP contribution in [0.5, 0.6) is 11.5 Å². The SMILES string of the molecule is C[C@@H]1C=CC[C@H]2C(=O)N(c3ccc(Oc4ccc(C#N)cc4)cc3)C(=O)[C@H]12. The highest BCUT2D eigenvalue weighted by atomic mass is 16.5. The molecule has 0 saturated carbocycles. The van der Waals surface area contributed by atoms with Crippen LogP contribution in [0.25, 0.3) is 0 Å². The van der Waals surface area contributed by atoms with E-state index in [0.29, 0.717) is 29.2 Å². The molecule has 2 amide bonds. The van der Waals surface area contributed by atoms with Gasteiger partial charge in [0, 0.05) is 0 Å². The Hall–Kier alpha value is -3.39. The van der Waals surface area contributed by atoms with E-state index in [2.05, 4.69) is 6.07 Å². The van der Waals surface area contributed by atoms with Crippen molar-refractivity contribution >= 4 is 17.5 Å². The van der Waals surface area contributed by atoms with Gasteiger partial charge in [0.25, 0.3) is 0 Å². The summed E-state index contributed by atoms with van der Waals surface area (Å²) in [4.78, 5) is 26.9. The normalized spacial score (nSPS) is 23.9. The summed E-state index contributed by atoms with van der Waals surface area (Å²) in [6.45, 7) is 1.98. The second kappa shape index (κ2) is 6.73. The quantitative estimate of drug-likeness (QED) is 0.613. The van der Waals surface area contributed by atoms with Crippen LogP contribution in [0.3, 0.4) is 0 Å². The minimum Gasteiger partial charge on any atom is -0.457 e. The van der Waals surface area contributed by atoms with Crippen molar-refractivity contribution in [3.05, 3.63) is 66.2 Å². The van der Waals surface area contributed by atoms with Gasteiger partial charge in [-0.3, -0.25) is 14.5 Å². The second-order valence-corrected chi connectivity index (χ2v) is 6.90. The van der Waals surface area contributed by atoms with Gasteiger partial charge in [-0.2, -0.15) is 5.26 Å². The first-order chi connectivity index (χ1) is 13.1. The molecule has 1 heterocycles. The Morgan fingerprint density at radius 3 is 2.22 bits per heavy atom. The van der Waals surface area contributed by atoms with Gasteiger partial charge < -0.3 is 4.74 Å². The van der Waals surface area contributed by atoms with E-state index in [1.165, 1.54) is 4.90 Å². The predicted molar refractivity (Wildman–Crippen MR) is 100 cm³/mol. The number of anilines is 1. The summed E-state index contributed by atoms with van der Waals surface area (Å²) in [6.07, 6.45) is 4.63. The summed E-state index contributed by atoms with van der Waals surface area (Å²) in [5.74, 6) is 0.508. The van der Waals surface area contributed by atoms with Crippen LogP contribution in [-0.2, 0) is 9.59 Å². The summed E-state index contributed by atoms with van der Waals surface area (Å²) in [7, 11) is 0. The van der Waals surface area contributed by atoms with E-state index in [9.17, 15) is 9.59 Å². The lowest BCUT2D eigenvalue weighted by Crippen LogP contribution is -2.31. The van der Waals surface area contributed by atoms with Gasteiger partial charge >= 0.3 is 0 Å². The summed E-state index contributed by atoms with van der Waals surface area (Å²) >= 11 is 0. The Morgan fingerprint density at radius 1 is 1.00 bits per heavy atom. The van der Waals surface area contributed by atoms with Crippen molar-refractivity contribution in [1.82, 2.24) is 0 Å². The topological polar surface area (TPSA) is 70.4 Å². The van der Waals surface area contributed by atoms with Crippen LogP contribution in [0.4, 0.5) is 5.69 Å². The molecular formula is C22H18N2O3. The average Bonchev–Trinajstić information content (AvgIpc) is 2.95. The van der Waals surface area contributed by atoms with Crippen molar-refractivity contribution in [3.8, 4) is 17.6 Å². The van der Waals surface area contributed by atoms with Crippen molar-refractivity contribution in [1.29, 1.82) is 5.26 Å². The molecule has 3 atom stereocenters. The molecule has 2 aromatic rings. The molecule has 0 radical (unpaired) electrons. The number of carbonyl (C=O) groups is 2. The predicted octanol–water partition coefficient (Wildman–Crippen LogP) is 4.05. The zero-order valence-corrected chi connectivity index (χ0v) is 14.8. The third-order valence-corrected chi connectivity index (χ3v) is 5.19. The maximum atomic E-state index is 12.8. The van der Waals surface area contributed by atoms with Crippen molar-refractivity contribution in [2.45, 2.75) is 13.3 Å². The Bertz CT molecular complexity index is 955. The Morgan fingerprint density at radius 2 is 1.63 bits per heavy atom. The summed E-state index contributed by atoms with van der Waals surface area (Å²) in [5, 5.41) is 8.83. The van der Waals surface area contributed by atoms with Gasteiger partial charge in [-0.05, 0) is 60.9 Å². The smallest absolute Gasteiger partial charge is 0.238 e. The van der Waals surface area contributed by atoms with Crippen LogP contribution >= 0.6 is 0 Å². The fraction of sp³-hybridized carbons (Fsp3) is 0.227. The third-order valence-electron chi connectivity index (χ3n) is 5.19. The lowest BCUT2D eigenvalue weighted by atomic mass is 9.78. The summed E-state index contributed by atoms with van der Waals surface area (Å²) in [6, 6.07) is 15.8. The molecule has 0 bridgehead atoms. The number of amides is 2. The number of fused-ring (bicyclic) bond motifs is 1. The molecule has 2 aromatic carbocycles. The molecule has 2 aliphatic rings. The number of hydrogen-bond acceptors (Lipinski definition) is 4. The fourth-order valence-electron chi connectivity index (χ4n) is 3.80. The van der Waals surface area contributed by atoms with E-state index in [1.54, 1.807) is 48.5 Å². The van der Waals surface area contributed by atoms with Gasteiger partial charge in [-0.25, -0.2) is 0 Å². The van der Waals surface area contributed by atoms with Crippen molar-refractivity contribution in [2.75, 3.05) is 4.90 Å². The second-order valence-electron chi connectivity index (χ2n) is 6.90. The van der Waals surface area contributed by atoms with Crippen molar-refractivity contribution in [2.24, 2.45) is 17.8 Å². The molecule has 0 aromatic heterocycles. The molecule has 1 aliphatic heterocycles. The zero-order valence-electron chi connectivity index (χ0n) is 14.8. The number of carbonyl (C=O) groups excluding carboxylic acids is 2. The van der Waals surface area contributed by atoms with Crippen LogP contribution in [0.15, 0.2) is 60.7 Å². The molecule has 0 N–H and O–H groups in total. The van der Waals surface area contributed by atoms with Crippen LogP contribution in [0.2, 0.25) is 0 Å². The Labute approximate surface area is 157 Å². The van der Waals surface area contributed by atoms with E-state index in [0.717, 1.165) is 0 Å². The molecule has 1 aliphatic carbocycles. The highest BCUT2D eigenvalue weighted by Crippen LogP contribution is 2.40. The number of hydrogen-bond donors (Lipinski definition) is 0. The number of nitrogens with zero attached hydrogens (tertiary/aromatic N) is 2. The van der Waals surface area contributed by atoms with Gasteiger partial charge in [0.2, 0.25) is 11.8 Å². The van der Waals surface area contributed by atoms with Gasteiger partial charge in [-0.1, -0.05) is 19.1 Å². The zero-order chi connectivity index (χ0) is 19.0. The molecular weight excluding hydrogens is 340 g/mol. The molecule has 27 heavy (non-hydrogen) atoms. The number of benzene rings is 2. The highest BCUT2D eigenvalue weighted by molar-refractivity contribution is 6.22. The minimum atomic E-state index is -0.267.